The molecule has 0 aliphatic rings. The second-order valence-corrected chi connectivity index (χ2v) is 3.95. The van der Waals surface area contributed by atoms with Gasteiger partial charge >= 0.3 is 5.97 Å². The van der Waals surface area contributed by atoms with Crippen LogP contribution < -0.4 is 0 Å². The van der Waals surface area contributed by atoms with Gasteiger partial charge in [0, 0.05) is 26.2 Å². The number of esters is 1. The van der Waals surface area contributed by atoms with Gasteiger partial charge in [0.05, 0.1) is 12.7 Å². The Morgan fingerprint density at radius 3 is 2.74 bits per heavy atom. The van der Waals surface area contributed by atoms with Crippen molar-refractivity contribution in [1.29, 1.82) is 5.26 Å². The van der Waals surface area contributed by atoms with Crippen LogP contribution in [-0.2, 0) is 9.53 Å². The van der Waals surface area contributed by atoms with Gasteiger partial charge < -0.3 is 9.64 Å². The van der Waals surface area contributed by atoms with Crippen molar-refractivity contribution in [3.8, 4) is 6.07 Å². The lowest BCUT2D eigenvalue weighted by Crippen LogP contribution is -2.28. The number of carbonyl (C=O) groups excluding carboxylic acids is 2. The predicted octanol–water partition coefficient (Wildman–Crippen LogP) is 0.978. The van der Waals surface area contributed by atoms with Gasteiger partial charge in [-0.05, 0) is 18.6 Å². The fraction of sp³-hybridized carbons (Fsp3) is 0.385. The normalized spacial score (nSPS) is 9.53. The second-order valence-electron chi connectivity index (χ2n) is 3.95. The van der Waals surface area contributed by atoms with Crippen LogP contribution in [0.3, 0.4) is 0 Å². The Hall–Kier alpha value is -2.42. The maximum absolute atomic E-state index is 12.0. The van der Waals surface area contributed by atoms with E-state index in [1.54, 1.807) is 13.1 Å². The molecule has 100 valence electrons. The van der Waals surface area contributed by atoms with Gasteiger partial charge in [0.15, 0.2) is 0 Å². The summed E-state index contributed by atoms with van der Waals surface area (Å²) in [4.78, 5) is 28.3. The summed E-state index contributed by atoms with van der Waals surface area (Å²) in [6, 6.07) is 4.99. The molecule has 0 saturated carbocycles. The number of aromatic nitrogens is 1. The number of ether oxygens (including phenoxy) is 1. The molecular weight excluding hydrogens is 246 g/mol. The largest absolute Gasteiger partial charge is 0.469 e. The smallest absolute Gasteiger partial charge is 0.305 e. The zero-order valence-corrected chi connectivity index (χ0v) is 10.9. The summed E-state index contributed by atoms with van der Waals surface area (Å²) in [6.07, 6.45) is 2.16. The number of rotatable bonds is 5. The number of pyridine rings is 1. The van der Waals surface area contributed by atoms with Crippen molar-refractivity contribution in [1.82, 2.24) is 9.88 Å². The van der Waals surface area contributed by atoms with Gasteiger partial charge in [-0.3, -0.25) is 9.59 Å². The highest BCUT2D eigenvalue weighted by Gasteiger charge is 2.13. The van der Waals surface area contributed by atoms with Gasteiger partial charge in [-0.1, -0.05) is 0 Å². The van der Waals surface area contributed by atoms with Gasteiger partial charge in [-0.25, -0.2) is 4.98 Å². The van der Waals surface area contributed by atoms with Crippen molar-refractivity contribution in [2.24, 2.45) is 0 Å². The van der Waals surface area contributed by atoms with E-state index in [-0.39, 0.29) is 24.0 Å². The number of carbonyl (C=O) groups is 2. The molecule has 0 fully saturated rings. The summed E-state index contributed by atoms with van der Waals surface area (Å²) >= 11 is 0. The minimum Gasteiger partial charge on any atom is -0.469 e. The number of methoxy groups -OCH3 is 1. The minimum absolute atomic E-state index is 0.241. The maximum atomic E-state index is 12.0. The molecule has 1 aromatic rings. The monoisotopic (exact) mass is 261 g/mol. The molecule has 0 aliphatic heterocycles. The lowest BCUT2D eigenvalue weighted by molar-refractivity contribution is -0.140. The quantitative estimate of drug-likeness (QED) is 0.738. The highest BCUT2D eigenvalue weighted by Crippen LogP contribution is 2.04. The first-order valence-electron chi connectivity index (χ1n) is 5.77. The zero-order chi connectivity index (χ0) is 14.3. The van der Waals surface area contributed by atoms with Crippen molar-refractivity contribution in [2.75, 3.05) is 20.7 Å². The number of hydrogen-bond acceptors (Lipinski definition) is 5. The van der Waals surface area contributed by atoms with E-state index in [1.807, 2.05) is 6.07 Å². The van der Waals surface area contributed by atoms with E-state index >= 15 is 0 Å². The molecule has 0 atom stereocenters. The van der Waals surface area contributed by atoms with E-state index in [9.17, 15) is 9.59 Å². The molecule has 0 saturated heterocycles. The molecule has 0 aromatic carbocycles. The van der Waals surface area contributed by atoms with Crippen LogP contribution in [0, 0.1) is 11.3 Å². The minimum atomic E-state index is -0.294. The van der Waals surface area contributed by atoms with Gasteiger partial charge in [0.2, 0.25) is 0 Å². The molecule has 0 aliphatic carbocycles. The molecule has 19 heavy (non-hydrogen) atoms. The molecule has 0 N–H and O–H groups in total. The Morgan fingerprint density at radius 2 is 2.21 bits per heavy atom. The Morgan fingerprint density at radius 1 is 1.47 bits per heavy atom. The highest BCUT2D eigenvalue weighted by atomic mass is 16.5. The molecule has 1 amide bonds. The molecular formula is C13H15N3O3. The molecule has 6 nitrogen and oxygen atoms in total. The fourth-order valence-corrected chi connectivity index (χ4v) is 1.45. The summed E-state index contributed by atoms with van der Waals surface area (Å²) in [5.74, 6) is -0.535. The second kappa shape index (κ2) is 7.11. The third-order valence-corrected chi connectivity index (χ3v) is 2.56. The molecule has 0 radical (unpaired) electrons. The van der Waals surface area contributed by atoms with E-state index in [4.69, 9.17) is 5.26 Å². The van der Waals surface area contributed by atoms with Crippen LogP contribution in [0.25, 0.3) is 0 Å². The summed E-state index contributed by atoms with van der Waals surface area (Å²) in [6.45, 7) is 0.440. The van der Waals surface area contributed by atoms with E-state index in [0.29, 0.717) is 18.5 Å². The van der Waals surface area contributed by atoms with Crippen LogP contribution in [0.1, 0.15) is 28.9 Å². The van der Waals surface area contributed by atoms with Crippen LogP contribution in [0.5, 0.6) is 0 Å². The third-order valence-electron chi connectivity index (χ3n) is 2.56. The van der Waals surface area contributed by atoms with E-state index in [0.717, 1.165) is 0 Å². The van der Waals surface area contributed by atoms with E-state index in [2.05, 4.69) is 9.72 Å². The Kier molecular flexibility index (Phi) is 5.48. The standard InChI is InChI=1S/C13H15N3O3/c1-16(7-3-4-12(17)19-2)13(18)11-6-5-10(8-14)9-15-11/h5-6,9H,3-4,7H2,1-2H3. The maximum Gasteiger partial charge on any atom is 0.305 e. The topological polar surface area (TPSA) is 83.3 Å². The van der Waals surface area contributed by atoms with Crippen molar-refractivity contribution >= 4 is 11.9 Å². The molecule has 0 unspecified atom stereocenters. The first-order valence-corrected chi connectivity index (χ1v) is 5.77. The van der Waals surface area contributed by atoms with Gasteiger partial charge in [0.1, 0.15) is 11.8 Å². The van der Waals surface area contributed by atoms with Crippen molar-refractivity contribution in [2.45, 2.75) is 12.8 Å². The lowest BCUT2D eigenvalue weighted by atomic mass is 10.2. The molecule has 1 heterocycles. The van der Waals surface area contributed by atoms with Crippen molar-refractivity contribution < 1.29 is 14.3 Å². The summed E-state index contributed by atoms with van der Waals surface area (Å²) in [5, 5.41) is 8.64. The number of nitriles is 1. The first-order chi connectivity index (χ1) is 9.08. The Bertz CT molecular complexity index is 491. The predicted molar refractivity (Wildman–Crippen MR) is 67.2 cm³/mol. The molecule has 0 spiro atoms. The van der Waals surface area contributed by atoms with Crippen LogP contribution in [0.2, 0.25) is 0 Å². The summed E-state index contributed by atoms with van der Waals surface area (Å²) < 4.78 is 4.52. The molecule has 6 heteroatoms. The van der Waals surface area contributed by atoms with Gasteiger partial charge in [-0.15, -0.1) is 0 Å². The Labute approximate surface area is 111 Å². The van der Waals surface area contributed by atoms with Crippen molar-refractivity contribution in [3.05, 3.63) is 29.6 Å². The van der Waals surface area contributed by atoms with Crippen LogP contribution in [0.15, 0.2) is 18.3 Å². The van der Waals surface area contributed by atoms with Crippen LogP contribution in [0.4, 0.5) is 0 Å². The van der Waals surface area contributed by atoms with E-state index < -0.39 is 0 Å². The fourth-order valence-electron chi connectivity index (χ4n) is 1.45. The zero-order valence-electron chi connectivity index (χ0n) is 10.9. The first kappa shape index (κ1) is 14.6. The molecule has 0 bridgehead atoms. The van der Waals surface area contributed by atoms with E-state index in [1.165, 1.54) is 24.3 Å². The molecule has 1 aromatic heterocycles. The number of amides is 1. The van der Waals surface area contributed by atoms with Gasteiger partial charge in [0.25, 0.3) is 5.91 Å². The highest BCUT2D eigenvalue weighted by molar-refractivity contribution is 5.92. The van der Waals surface area contributed by atoms with Crippen LogP contribution in [-0.4, -0.2) is 42.5 Å². The molecule has 1 rings (SSSR count). The SMILES string of the molecule is COC(=O)CCCN(C)C(=O)c1ccc(C#N)cn1. The number of nitrogens with zero attached hydrogens (tertiary/aromatic N) is 3. The lowest BCUT2D eigenvalue weighted by Gasteiger charge is -2.16. The summed E-state index contributed by atoms with van der Waals surface area (Å²) in [7, 11) is 2.97. The van der Waals surface area contributed by atoms with Gasteiger partial charge in [-0.2, -0.15) is 5.26 Å². The van der Waals surface area contributed by atoms with Crippen molar-refractivity contribution in [3.63, 3.8) is 0 Å². The number of hydrogen-bond donors (Lipinski definition) is 0. The third kappa shape index (κ3) is 4.39. The summed E-state index contributed by atoms with van der Waals surface area (Å²) in [5.41, 5.74) is 0.685. The Balaban J connectivity index is 2.52. The average molecular weight is 261 g/mol. The van der Waals surface area contributed by atoms with Crippen LogP contribution >= 0.6 is 0 Å². The average Bonchev–Trinajstić information content (AvgIpc) is 2.46.